The van der Waals surface area contributed by atoms with Crippen LogP contribution in [-0.2, 0) is 0 Å². The molecule has 0 aliphatic rings. The van der Waals surface area contributed by atoms with Crippen LogP contribution in [0.3, 0.4) is 0 Å². The molecule has 0 fully saturated rings. The standard InChI is InChI=1S/C12H9NO4/c1-8-10(3-2-4-11(8)13(15)16)12-6-5-9(7-14)17-12/h2-7H,1H3. The van der Waals surface area contributed by atoms with Crippen LogP contribution in [0.2, 0.25) is 0 Å². The van der Waals surface area contributed by atoms with Crippen LogP contribution in [0.15, 0.2) is 34.7 Å². The Kier molecular flexibility index (Phi) is 2.74. The fraction of sp³-hybridized carbons (Fsp3) is 0.0833. The number of nitro groups is 1. The smallest absolute Gasteiger partial charge is 0.273 e. The van der Waals surface area contributed by atoms with Crippen molar-refractivity contribution in [3.05, 3.63) is 51.8 Å². The van der Waals surface area contributed by atoms with Crippen LogP contribution in [0.5, 0.6) is 0 Å². The topological polar surface area (TPSA) is 73.3 Å². The maximum atomic E-state index is 10.8. The molecule has 86 valence electrons. The number of rotatable bonds is 3. The van der Waals surface area contributed by atoms with Gasteiger partial charge in [0.05, 0.1) is 4.92 Å². The highest BCUT2D eigenvalue weighted by Gasteiger charge is 2.16. The highest BCUT2D eigenvalue weighted by molar-refractivity contribution is 5.74. The molecule has 1 aromatic heterocycles. The van der Waals surface area contributed by atoms with Crippen molar-refractivity contribution in [2.24, 2.45) is 0 Å². The van der Waals surface area contributed by atoms with Crippen LogP contribution >= 0.6 is 0 Å². The number of carbonyl (C=O) groups excluding carboxylic acids is 1. The summed E-state index contributed by atoms with van der Waals surface area (Å²) < 4.78 is 5.24. The van der Waals surface area contributed by atoms with Crippen molar-refractivity contribution in [1.29, 1.82) is 0 Å². The summed E-state index contributed by atoms with van der Waals surface area (Å²) in [5.74, 6) is 0.652. The Morgan fingerprint density at radius 3 is 2.65 bits per heavy atom. The molecule has 5 nitrogen and oxygen atoms in total. The van der Waals surface area contributed by atoms with Gasteiger partial charge >= 0.3 is 0 Å². The Hall–Kier alpha value is -2.43. The molecular weight excluding hydrogens is 222 g/mol. The monoisotopic (exact) mass is 231 g/mol. The lowest BCUT2D eigenvalue weighted by Crippen LogP contribution is -1.93. The first-order valence-corrected chi connectivity index (χ1v) is 4.93. The first kappa shape index (κ1) is 11.1. The molecule has 0 saturated carbocycles. The lowest BCUT2D eigenvalue weighted by molar-refractivity contribution is -0.385. The van der Waals surface area contributed by atoms with Crippen LogP contribution in [0.25, 0.3) is 11.3 Å². The molecule has 0 aliphatic heterocycles. The second kappa shape index (κ2) is 4.21. The zero-order chi connectivity index (χ0) is 12.4. The highest BCUT2D eigenvalue weighted by atomic mass is 16.6. The van der Waals surface area contributed by atoms with Gasteiger partial charge in [0.15, 0.2) is 12.0 Å². The molecule has 0 unspecified atom stereocenters. The quantitative estimate of drug-likeness (QED) is 0.462. The van der Waals surface area contributed by atoms with Crippen LogP contribution in [-0.4, -0.2) is 11.2 Å². The molecule has 0 N–H and O–H groups in total. The van der Waals surface area contributed by atoms with E-state index < -0.39 is 4.92 Å². The average Bonchev–Trinajstić information content (AvgIpc) is 2.77. The second-order valence-electron chi connectivity index (χ2n) is 3.53. The Balaban J connectivity index is 2.55. The van der Waals surface area contributed by atoms with E-state index in [4.69, 9.17) is 4.42 Å². The predicted molar refractivity (Wildman–Crippen MR) is 60.9 cm³/mol. The number of nitrogens with zero attached hydrogens (tertiary/aromatic N) is 1. The van der Waals surface area contributed by atoms with Crippen molar-refractivity contribution in [2.45, 2.75) is 6.92 Å². The molecule has 5 heteroatoms. The van der Waals surface area contributed by atoms with E-state index >= 15 is 0 Å². The van der Waals surface area contributed by atoms with Crippen molar-refractivity contribution in [1.82, 2.24) is 0 Å². The van der Waals surface area contributed by atoms with Crippen LogP contribution in [0.4, 0.5) is 5.69 Å². The van der Waals surface area contributed by atoms with Gasteiger partial charge in [0, 0.05) is 17.2 Å². The molecule has 1 heterocycles. The number of nitro benzene ring substituents is 1. The molecule has 17 heavy (non-hydrogen) atoms. The number of hydrogen-bond donors (Lipinski definition) is 0. The highest BCUT2D eigenvalue weighted by Crippen LogP contribution is 2.30. The first-order valence-electron chi connectivity index (χ1n) is 4.93. The SMILES string of the molecule is Cc1c(-c2ccc(C=O)o2)cccc1[N+](=O)[O-]. The molecule has 0 atom stereocenters. The Labute approximate surface area is 96.8 Å². The molecule has 2 aromatic rings. The maximum absolute atomic E-state index is 10.8. The molecule has 0 saturated heterocycles. The summed E-state index contributed by atoms with van der Waals surface area (Å²) in [7, 11) is 0. The van der Waals surface area contributed by atoms with E-state index in [0.717, 1.165) is 0 Å². The lowest BCUT2D eigenvalue weighted by Gasteiger charge is -2.02. The fourth-order valence-electron chi connectivity index (χ4n) is 1.65. The molecule has 0 aliphatic carbocycles. The van der Waals surface area contributed by atoms with Crippen molar-refractivity contribution >= 4 is 12.0 Å². The molecule has 1 aromatic carbocycles. The van der Waals surface area contributed by atoms with Crippen LogP contribution < -0.4 is 0 Å². The van der Waals surface area contributed by atoms with Gasteiger partial charge in [-0.3, -0.25) is 14.9 Å². The second-order valence-corrected chi connectivity index (χ2v) is 3.53. The van der Waals surface area contributed by atoms with Gasteiger partial charge < -0.3 is 4.42 Å². The summed E-state index contributed by atoms with van der Waals surface area (Å²) in [4.78, 5) is 20.9. The first-order chi connectivity index (χ1) is 8.13. The average molecular weight is 231 g/mol. The summed E-state index contributed by atoms with van der Waals surface area (Å²) in [6.45, 7) is 1.65. The van der Waals surface area contributed by atoms with Crippen LogP contribution in [0.1, 0.15) is 16.1 Å². The third-order valence-corrected chi connectivity index (χ3v) is 2.51. The van der Waals surface area contributed by atoms with Gasteiger partial charge in [-0.1, -0.05) is 12.1 Å². The minimum Gasteiger partial charge on any atom is -0.453 e. The van der Waals surface area contributed by atoms with Gasteiger partial charge in [0.25, 0.3) is 5.69 Å². The molecule has 2 rings (SSSR count). The number of furan rings is 1. The normalized spacial score (nSPS) is 10.2. The van der Waals surface area contributed by atoms with Crippen LogP contribution in [0, 0.1) is 17.0 Å². The molecular formula is C12H9NO4. The van der Waals surface area contributed by atoms with Crippen molar-refractivity contribution in [3.63, 3.8) is 0 Å². The van der Waals surface area contributed by atoms with Gasteiger partial charge in [0.1, 0.15) is 5.76 Å². The summed E-state index contributed by atoms with van der Waals surface area (Å²) in [5, 5.41) is 10.8. The van der Waals surface area contributed by atoms with E-state index in [1.54, 1.807) is 25.1 Å². The zero-order valence-corrected chi connectivity index (χ0v) is 9.04. The van der Waals surface area contributed by atoms with Gasteiger partial charge in [-0.2, -0.15) is 0 Å². The van der Waals surface area contributed by atoms with Crippen molar-refractivity contribution < 1.29 is 14.1 Å². The van der Waals surface area contributed by atoms with E-state index in [9.17, 15) is 14.9 Å². The Bertz CT molecular complexity index is 586. The largest absolute Gasteiger partial charge is 0.453 e. The molecule has 0 radical (unpaired) electrons. The maximum Gasteiger partial charge on any atom is 0.273 e. The van der Waals surface area contributed by atoms with Crippen molar-refractivity contribution in [3.8, 4) is 11.3 Å². The molecule has 0 amide bonds. The number of benzene rings is 1. The van der Waals surface area contributed by atoms with Crippen molar-refractivity contribution in [2.75, 3.05) is 0 Å². The van der Waals surface area contributed by atoms with Gasteiger partial charge in [-0.25, -0.2) is 0 Å². The third kappa shape index (κ3) is 1.94. The van der Waals surface area contributed by atoms with E-state index in [2.05, 4.69) is 0 Å². The number of carbonyl (C=O) groups is 1. The molecule has 0 bridgehead atoms. The zero-order valence-electron chi connectivity index (χ0n) is 9.04. The summed E-state index contributed by atoms with van der Waals surface area (Å²) in [6.07, 6.45) is 0.593. The Morgan fingerprint density at radius 2 is 2.06 bits per heavy atom. The van der Waals surface area contributed by atoms with Gasteiger partial charge in [-0.15, -0.1) is 0 Å². The fourth-order valence-corrected chi connectivity index (χ4v) is 1.65. The van der Waals surface area contributed by atoms with Gasteiger partial charge in [-0.05, 0) is 19.1 Å². The number of aldehydes is 1. The minimum absolute atomic E-state index is 0.0338. The number of hydrogen-bond acceptors (Lipinski definition) is 4. The Morgan fingerprint density at radius 1 is 1.29 bits per heavy atom. The lowest BCUT2D eigenvalue weighted by atomic mass is 10.1. The van der Waals surface area contributed by atoms with Gasteiger partial charge in [0.2, 0.25) is 0 Å². The van der Waals surface area contributed by atoms with E-state index in [1.807, 2.05) is 0 Å². The van der Waals surface area contributed by atoms with E-state index in [-0.39, 0.29) is 11.4 Å². The molecule has 0 spiro atoms. The summed E-state index contributed by atoms with van der Waals surface area (Å²) in [5.41, 5.74) is 1.17. The minimum atomic E-state index is -0.442. The predicted octanol–water partition coefficient (Wildman–Crippen LogP) is 2.98. The van der Waals surface area contributed by atoms with E-state index in [0.29, 0.717) is 23.2 Å². The third-order valence-electron chi connectivity index (χ3n) is 2.51. The summed E-state index contributed by atoms with van der Waals surface area (Å²) in [6, 6.07) is 7.89. The summed E-state index contributed by atoms with van der Waals surface area (Å²) >= 11 is 0. The van der Waals surface area contributed by atoms with E-state index in [1.165, 1.54) is 12.1 Å².